The predicted molar refractivity (Wildman–Crippen MR) is 137 cm³/mol. The third-order valence-corrected chi connectivity index (χ3v) is 5.82. The van der Waals surface area contributed by atoms with Crippen molar-refractivity contribution in [2.45, 2.75) is 0 Å². The Hall–Kier alpha value is -2.57. The predicted octanol–water partition coefficient (Wildman–Crippen LogP) is 5.13. The molecule has 1 heterocycles. The first kappa shape index (κ1) is 25.7. The average molecular weight is 475 g/mol. The number of methoxy groups -OCH3 is 1. The van der Waals surface area contributed by atoms with Gasteiger partial charge >= 0.3 is 0 Å². The van der Waals surface area contributed by atoms with Crippen LogP contribution in [0.25, 0.3) is 0 Å². The number of nitrogens with one attached hydrogen (secondary N) is 1. The maximum Gasteiger partial charge on any atom is 0.238 e. The molecule has 0 saturated carbocycles. The van der Waals surface area contributed by atoms with Crippen LogP contribution in [-0.2, 0) is 4.79 Å². The molecule has 1 N–H and O–H groups in total. The minimum atomic E-state index is 0. The molecular weight excluding hydrogens is 445 g/mol. The van der Waals surface area contributed by atoms with Gasteiger partial charge in [-0.25, -0.2) is 0 Å². The number of nitrogens with zero attached hydrogens (tertiary/aromatic N) is 2. The number of ether oxygens (including phenoxy) is 1. The van der Waals surface area contributed by atoms with Crippen LogP contribution in [0.1, 0.15) is 0 Å². The summed E-state index contributed by atoms with van der Waals surface area (Å²) in [7, 11) is 1.73. The number of halogens is 2. The van der Waals surface area contributed by atoms with Crippen molar-refractivity contribution in [1.82, 2.24) is 9.38 Å². The molecule has 1 amide bonds. The summed E-state index contributed by atoms with van der Waals surface area (Å²) in [4.78, 5) is 14.7. The lowest BCUT2D eigenvalue weighted by Crippen LogP contribution is -2.58. The molecule has 0 atom stereocenters. The van der Waals surface area contributed by atoms with E-state index in [4.69, 9.17) is 4.74 Å². The smallest absolute Gasteiger partial charge is 0.238 e. The van der Waals surface area contributed by atoms with Crippen molar-refractivity contribution in [3.63, 3.8) is 0 Å². The number of hydrogen-bond acceptors (Lipinski definition) is 3. The van der Waals surface area contributed by atoms with Crippen molar-refractivity contribution >= 4 is 47.8 Å². The molecule has 1 aliphatic heterocycles. The van der Waals surface area contributed by atoms with Gasteiger partial charge in [0.2, 0.25) is 5.91 Å². The number of para-hydroxylation sites is 4. The van der Waals surface area contributed by atoms with Gasteiger partial charge in [-0.05, 0) is 30.3 Å². The molecule has 0 spiro atoms. The molecular formula is C25H30Cl2N3O2+. The van der Waals surface area contributed by atoms with E-state index >= 15 is 0 Å². The molecule has 0 aliphatic carbocycles. The number of carbonyl (C=O) groups is 1. The van der Waals surface area contributed by atoms with Crippen molar-refractivity contribution in [2.75, 3.05) is 45.2 Å². The van der Waals surface area contributed by atoms with E-state index in [0.29, 0.717) is 6.54 Å². The Kier molecular flexibility index (Phi) is 9.54. The van der Waals surface area contributed by atoms with Crippen LogP contribution in [0.15, 0.2) is 84.9 Å². The van der Waals surface area contributed by atoms with Crippen LogP contribution in [-0.4, -0.2) is 50.6 Å². The summed E-state index contributed by atoms with van der Waals surface area (Å²) in [5.41, 5.74) is 3.25. The number of quaternary nitrogens is 1. The topological polar surface area (TPSA) is 41.6 Å². The van der Waals surface area contributed by atoms with Gasteiger partial charge in [0, 0.05) is 24.8 Å². The maximum atomic E-state index is 12.5. The Morgan fingerprint density at radius 3 is 2.06 bits per heavy atom. The molecule has 0 bridgehead atoms. The molecule has 3 aromatic rings. The second kappa shape index (κ2) is 11.9. The average Bonchev–Trinajstić information content (AvgIpc) is 2.81. The van der Waals surface area contributed by atoms with Crippen molar-refractivity contribution in [3.8, 4) is 5.75 Å². The van der Waals surface area contributed by atoms with E-state index in [1.165, 1.54) is 11.4 Å². The zero-order valence-electron chi connectivity index (χ0n) is 18.1. The first-order valence-corrected chi connectivity index (χ1v) is 10.3. The fourth-order valence-corrected chi connectivity index (χ4v) is 4.27. The highest BCUT2D eigenvalue weighted by atomic mass is 35.5. The van der Waals surface area contributed by atoms with Gasteiger partial charge in [-0.15, -0.1) is 24.8 Å². The Balaban J connectivity index is 0.00000181. The lowest BCUT2D eigenvalue weighted by Gasteiger charge is -2.44. The second-order valence-electron chi connectivity index (χ2n) is 7.61. The fourth-order valence-electron chi connectivity index (χ4n) is 4.27. The molecule has 4 rings (SSSR count). The normalized spacial score (nSPS) is 15.0. The molecule has 1 saturated heterocycles. The Labute approximate surface area is 202 Å². The van der Waals surface area contributed by atoms with Crippen LogP contribution < -0.4 is 14.5 Å². The summed E-state index contributed by atoms with van der Waals surface area (Å²) in [5.74, 6) is 0.926. The van der Waals surface area contributed by atoms with Crippen molar-refractivity contribution in [1.29, 1.82) is 0 Å². The number of piperazine rings is 1. The molecule has 1 aliphatic rings. The maximum absolute atomic E-state index is 12.5. The molecule has 7 heteroatoms. The minimum absolute atomic E-state index is 0. The van der Waals surface area contributed by atoms with E-state index in [2.05, 4.69) is 46.6 Å². The monoisotopic (exact) mass is 474 g/mol. The van der Waals surface area contributed by atoms with Crippen LogP contribution >= 0.6 is 24.8 Å². The van der Waals surface area contributed by atoms with Crippen molar-refractivity contribution in [2.24, 2.45) is 0 Å². The van der Waals surface area contributed by atoms with Crippen LogP contribution in [0.4, 0.5) is 17.1 Å². The minimum Gasteiger partial charge on any atom is -0.491 e. The highest BCUT2D eigenvalue weighted by Crippen LogP contribution is 2.41. The van der Waals surface area contributed by atoms with Crippen molar-refractivity contribution < 1.29 is 9.53 Å². The van der Waals surface area contributed by atoms with Gasteiger partial charge in [0.25, 0.3) is 0 Å². The lowest BCUT2D eigenvalue weighted by molar-refractivity contribution is -0.117. The summed E-state index contributed by atoms with van der Waals surface area (Å²) in [6.45, 7) is 3.81. The van der Waals surface area contributed by atoms with Gasteiger partial charge in [-0.3, -0.25) is 14.2 Å². The van der Waals surface area contributed by atoms with Crippen LogP contribution in [0.5, 0.6) is 5.75 Å². The summed E-state index contributed by atoms with van der Waals surface area (Å²) in [6.07, 6.45) is 0. The quantitative estimate of drug-likeness (QED) is 0.503. The number of benzene rings is 3. The van der Waals surface area contributed by atoms with E-state index in [1.54, 1.807) is 7.11 Å². The number of amides is 1. The Morgan fingerprint density at radius 2 is 1.44 bits per heavy atom. The number of rotatable bonds is 6. The van der Waals surface area contributed by atoms with E-state index < -0.39 is 0 Å². The SMILES string of the molecule is COc1ccccc1[N+]1(c2ccccc2)CCN(CC(=O)Nc2ccccc2)CC1.Cl.Cl. The Bertz CT molecular complexity index is 979. The summed E-state index contributed by atoms with van der Waals surface area (Å²) < 4.78 is 6.43. The van der Waals surface area contributed by atoms with Gasteiger partial charge in [-0.2, -0.15) is 0 Å². The van der Waals surface area contributed by atoms with E-state index in [0.717, 1.165) is 42.1 Å². The molecule has 0 aromatic heterocycles. The van der Waals surface area contributed by atoms with Gasteiger partial charge in [0.05, 0.1) is 13.7 Å². The van der Waals surface area contributed by atoms with Crippen molar-refractivity contribution in [3.05, 3.63) is 84.9 Å². The first-order valence-electron chi connectivity index (χ1n) is 10.3. The van der Waals surface area contributed by atoms with Gasteiger partial charge in [0.1, 0.15) is 18.8 Å². The van der Waals surface area contributed by atoms with Crippen LogP contribution in [0.2, 0.25) is 0 Å². The summed E-state index contributed by atoms with van der Waals surface area (Å²) in [5, 5.41) is 2.99. The first-order chi connectivity index (χ1) is 14.7. The molecule has 1 fully saturated rings. The van der Waals surface area contributed by atoms with Crippen LogP contribution in [0.3, 0.4) is 0 Å². The van der Waals surface area contributed by atoms with Gasteiger partial charge in [-0.1, -0.05) is 48.5 Å². The number of hydrogen-bond donors (Lipinski definition) is 1. The summed E-state index contributed by atoms with van der Waals surface area (Å²) in [6, 6.07) is 28.5. The largest absolute Gasteiger partial charge is 0.491 e. The standard InChI is InChI=1S/C25H27N3O2.2ClH/c1-30-24-15-9-8-14-23(24)28(22-12-6-3-7-13-22)18-16-27(17-19-28)20-25(29)26-21-10-4-2-5-11-21;;/h2-15H,16-20H2,1H3;2*1H/p+1. The van der Waals surface area contributed by atoms with E-state index in [-0.39, 0.29) is 30.7 Å². The number of carbonyl (C=O) groups excluding carboxylic acids is 1. The fraction of sp³-hybridized carbons (Fsp3) is 0.240. The zero-order valence-corrected chi connectivity index (χ0v) is 19.8. The molecule has 0 unspecified atom stereocenters. The molecule has 0 radical (unpaired) electrons. The van der Waals surface area contributed by atoms with Gasteiger partial charge < -0.3 is 10.1 Å². The lowest BCUT2D eigenvalue weighted by atomic mass is 10.1. The number of anilines is 1. The molecule has 32 heavy (non-hydrogen) atoms. The molecule has 3 aromatic carbocycles. The van der Waals surface area contributed by atoms with Crippen LogP contribution in [0, 0.1) is 0 Å². The Morgan fingerprint density at radius 1 is 0.875 bits per heavy atom. The van der Waals surface area contributed by atoms with Gasteiger partial charge in [0.15, 0.2) is 11.4 Å². The molecule has 5 nitrogen and oxygen atoms in total. The highest BCUT2D eigenvalue weighted by Gasteiger charge is 2.39. The third-order valence-electron chi connectivity index (χ3n) is 5.82. The van der Waals surface area contributed by atoms with E-state index in [1.807, 2.05) is 48.5 Å². The second-order valence-corrected chi connectivity index (χ2v) is 7.61. The zero-order chi connectivity index (χ0) is 20.8. The van der Waals surface area contributed by atoms with E-state index in [9.17, 15) is 4.79 Å². The highest BCUT2D eigenvalue weighted by molar-refractivity contribution is 5.92. The summed E-state index contributed by atoms with van der Waals surface area (Å²) >= 11 is 0. The third kappa shape index (κ3) is 5.61. The molecule has 170 valence electrons.